The van der Waals surface area contributed by atoms with Crippen LogP contribution in [-0.4, -0.2) is 29.3 Å². The highest BCUT2D eigenvalue weighted by atomic mass is 19.1. The Bertz CT molecular complexity index is 1130. The van der Waals surface area contributed by atoms with E-state index in [9.17, 15) is 23.5 Å². The third-order valence-electron chi connectivity index (χ3n) is 5.03. The lowest BCUT2D eigenvalue weighted by atomic mass is 10.0. The van der Waals surface area contributed by atoms with Crippen molar-refractivity contribution >= 4 is 23.2 Å². The molecule has 0 saturated carbocycles. The molecule has 0 aliphatic carbocycles. The number of H-pyrrole nitrogens is 1. The molecule has 0 spiro atoms. The summed E-state index contributed by atoms with van der Waals surface area (Å²) in [6.07, 6.45) is 0.320. The second-order valence-electron chi connectivity index (χ2n) is 6.93. The van der Waals surface area contributed by atoms with Gasteiger partial charge in [0.2, 0.25) is 0 Å². The molecule has 0 aliphatic heterocycles. The molecule has 162 valence electrons. The number of carbonyl (C=O) groups is 1. The molecule has 0 fully saturated rings. The van der Waals surface area contributed by atoms with E-state index in [4.69, 9.17) is 0 Å². The molecule has 6 nitrogen and oxygen atoms in total. The van der Waals surface area contributed by atoms with Gasteiger partial charge in [-0.15, -0.1) is 0 Å². The number of rotatable bonds is 7. The topological polar surface area (TPSA) is 76.6 Å². The highest BCUT2D eigenvalue weighted by Crippen LogP contribution is 2.31. The number of amides is 1. The van der Waals surface area contributed by atoms with E-state index in [1.165, 1.54) is 24.3 Å². The zero-order chi connectivity index (χ0) is 22.5. The van der Waals surface area contributed by atoms with Crippen LogP contribution >= 0.6 is 0 Å². The molecule has 0 aliphatic rings. The fourth-order valence-corrected chi connectivity index (χ4v) is 3.48. The highest BCUT2D eigenvalue weighted by Gasteiger charge is 2.21. The van der Waals surface area contributed by atoms with Crippen molar-refractivity contribution in [3.8, 4) is 0 Å². The van der Waals surface area contributed by atoms with Crippen molar-refractivity contribution in [1.82, 2.24) is 4.98 Å². The smallest absolute Gasteiger partial charge is 0.416 e. The van der Waals surface area contributed by atoms with Gasteiger partial charge in [0.25, 0.3) is 5.56 Å². The molecule has 0 atom stereocenters. The molecular formula is C23H23F2N3O3. The minimum Gasteiger partial charge on any atom is -0.464 e. The molecule has 0 radical (unpaired) electrons. The molecule has 2 N–H and O–H groups in total. The largest absolute Gasteiger partial charge is 0.464 e. The van der Waals surface area contributed by atoms with Gasteiger partial charge in [0.1, 0.15) is 11.6 Å². The normalized spacial score (nSPS) is 10.7. The van der Waals surface area contributed by atoms with Gasteiger partial charge in [-0.25, -0.2) is 18.5 Å². The molecule has 31 heavy (non-hydrogen) atoms. The monoisotopic (exact) mass is 427 g/mol. The third kappa shape index (κ3) is 4.91. The Labute approximate surface area is 178 Å². The van der Waals surface area contributed by atoms with E-state index in [1.807, 2.05) is 18.7 Å². The summed E-state index contributed by atoms with van der Waals surface area (Å²) in [5, 5.41) is 9.81. The van der Waals surface area contributed by atoms with E-state index in [1.54, 1.807) is 12.3 Å². The quantitative estimate of drug-likeness (QED) is 0.562. The number of halogens is 2. The van der Waals surface area contributed by atoms with Crippen LogP contribution in [-0.2, 0) is 6.42 Å². The number of aromatic nitrogens is 1. The number of anilines is 3. The first-order chi connectivity index (χ1) is 14.8. The van der Waals surface area contributed by atoms with Crippen LogP contribution in [0.4, 0.5) is 30.6 Å². The first-order valence-electron chi connectivity index (χ1n) is 9.87. The zero-order valence-electron chi connectivity index (χ0n) is 17.2. The fourth-order valence-electron chi connectivity index (χ4n) is 3.48. The Morgan fingerprint density at radius 1 is 0.935 bits per heavy atom. The Balaban J connectivity index is 2.08. The van der Waals surface area contributed by atoms with E-state index in [0.717, 1.165) is 41.9 Å². The molecule has 0 unspecified atom stereocenters. The summed E-state index contributed by atoms with van der Waals surface area (Å²) in [5.74, 6) is -1.06. The highest BCUT2D eigenvalue weighted by molar-refractivity contribution is 5.95. The van der Waals surface area contributed by atoms with Crippen molar-refractivity contribution < 1.29 is 18.7 Å². The van der Waals surface area contributed by atoms with E-state index in [-0.39, 0.29) is 23.4 Å². The SMILES string of the molecule is CCN(CC)c1c[nH]c(=O)c(Cc2cc(F)ccc2N(C(=O)O)c2ccc(F)cc2)c1. The maximum atomic E-state index is 14.1. The fraction of sp³-hybridized carbons (Fsp3) is 0.217. The van der Waals surface area contributed by atoms with Gasteiger partial charge in [-0.2, -0.15) is 0 Å². The van der Waals surface area contributed by atoms with Gasteiger partial charge in [0.05, 0.1) is 17.1 Å². The average Bonchev–Trinajstić information content (AvgIpc) is 2.74. The van der Waals surface area contributed by atoms with Gasteiger partial charge < -0.3 is 15.0 Å². The number of aromatic amines is 1. The minimum atomic E-state index is -1.31. The van der Waals surface area contributed by atoms with Crippen molar-refractivity contribution in [2.45, 2.75) is 20.3 Å². The zero-order valence-corrected chi connectivity index (χ0v) is 17.2. The lowest BCUT2D eigenvalue weighted by Crippen LogP contribution is -2.26. The van der Waals surface area contributed by atoms with Crippen molar-refractivity contribution in [3.05, 3.63) is 87.8 Å². The standard InChI is InChI=1S/C23H23F2N3O3/c1-3-27(4-2)20-13-16(22(29)26-14-20)11-15-12-18(25)7-10-21(15)28(23(30)31)19-8-5-17(24)6-9-19/h5-10,12-14H,3-4,11H2,1-2H3,(H,26,29)(H,30,31). The average molecular weight is 427 g/mol. The van der Waals surface area contributed by atoms with Gasteiger partial charge in [-0.3, -0.25) is 4.79 Å². The van der Waals surface area contributed by atoms with E-state index in [2.05, 4.69) is 4.98 Å². The number of nitrogens with zero attached hydrogens (tertiary/aromatic N) is 2. The van der Waals surface area contributed by atoms with Crippen LogP contribution in [0.5, 0.6) is 0 Å². The van der Waals surface area contributed by atoms with Crippen LogP contribution in [0.1, 0.15) is 25.0 Å². The maximum absolute atomic E-state index is 14.1. The van der Waals surface area contributed by atoms with Crippen molar-refractivity contribution in [2.75, 3.05) is 22.9 Å². The third-order valence-corrected chi connectivity index (χ3v) is 5.03. The van der Waals surface area contributed by atoms with Gasteiger partial charge >= 0.3 is 6.09 Å². The van der Waals surface area contributed by atoms with Crippen LogP contribution in [0.15, 0.2) is 59.5 Å². The summed E-state index contributed by atoms with van der Waals surface area (Å²) in [6.45, 7) is 5.47. The molecule has 0 saturated heterocycles. The first-order valence-corrected chi connectivity index (χ1v) is 9.87. The van der Waals surface area contributed by atoms with Gasteiger partial charge in [0.15, 0.2) is 0 Å². The van der Waals surface area contributed by atoms with Gasteiger partial charge in [-0.05, 0) is 67.9 Å². The van der Waals surface area contributed by atoms with Crippen LogP contribution in [0.25, 0.3) is 0 Å². The summed E-state index contributed by atoms with van der Waals surface area (Å²) < 4.78 is 27.4. The summed E-state index contributed by atoms with van der Waals surface area (Å²) >= 11 is 0. The molecule has 1 amide bonds. The number of nitrogens with one attached hydrogen (secondary N) is 1. The minimum absolute atomic E-state index is 0.0164. The van der Waals surface area contributed by atoms with Crippen LogP contribution in [0.2, 0.25) is 0 Å². The predicted octanol–water partition coefficient (Wildman–Crippen LogP) is 4.91. The Morgan fingerprint density at radius 2 is 1.58 bits per heavy atom. The Kier molecular flexibility index (Phi) is 6.69. The molecule has 1 heterocycles. The summed E-state index contributed by atoms with van der Waals surface area (Å²) in [6, 6.07) is 10.4. The molecule has 0 bridgehead atoms. The second-order valence-corrected chi connectivity index (χ2v) is 6.93. The molecule has 3 rings (SSSR count). The van der Waals surface area contributed by atoms with Crippen molar-refractivity contribution in [3.63, 3.8) is 0 Å². The summed E-state index contributed by atoms with van der Waals surface area (Å²) in [4.78, 5) is 30.2. The van der Waals surface area contributed by atoms with Crippen LogP contribution in [0, 0.1) is 11.6 Å². The first kappa shape index (κ1) is 22.0. The second kappa shape index (κ2) is 9.42. The molecule has 8 heteroatoms. The molecule has 2 aromatic carbocycles. The number of benzene rings is 2. The summed E-state index contributed by atoms with van der Waals surface area (Å²) in [7, 11) is 0. The predicted molar refractivity (Wildman–Crippen MR) is 116 cm³/mol. The van der Waals surface area contributed by atoms with Crippen LogP contribution in [0.3, 0.4) is 0 Å². The number of pyridine rings is 1. The maximum Gasteiger partial charge on any atom is 0.416 e. The molecule has 3 aromatic rings. The number of hydrogen-bond acceptors (Lipinski definition) is 3. The van der Waals surface area contributed by atoms with Gasteiger partial charge in [0, 0.05) is 31.3 Å². The van der Waals surface area contributed by atoms with E-state index >= 15 is 0 Å². The Morgan fingerprint density at radius 3 is 2.19 bits per heavy atom. The van der Waals surface area contributed by atoms with Crippen LogP contribution < -0.4 is 15.4 Å². The van der Waals surface area contributed by atoms with E-state index in [0.29, 0.717) is 11.1 Å². The van der Waals surface area contributed by atoms with Crippen molar-refractivity contribution in [2.24, 2.45) is 0 Å². The molecular weight excluding hydrogens is 404 g/mol. The van der Waals surface area contributed by atoms with Gasteiger partial charge in [-0.1, -0.05) is 0 Å². The number of hydrogen-bond donors (Lipinski definition) is 2. The lowest BCUT2D eigenvalue weighted by Gasteiger charge is -2.23. The summed E-state index contributed by atoms with van der Waals surface area (Å²) in [5.41, 5.74) is 1.55. The number of carboxylic acid groups (broad SMARTS) is 1. The van der Waals surface area contributed by atoms with Crippen molar-refractivity contribution in [1.29, 1.82) is 0 Å². The molecule has 1 aromatic heterocycles. The van der Waals surface area contributed by atoms with E-state index < -0.39 is 17.7 Å². The lowest BCUT2D eigenvalue weighted by molar-refractivity contribution is 0.204. The Hall–Kier alpha value is -3.68.